The van der Waals surface area contributed by atoms with Crippen LogP contribution in [0.2, 0.25) is 5.02 Å². The third kappa shape index (κ3) is 4.61. The highest BCUT2D eigenvalue weighted by molar-refractivity contribution is 6.30. The number of carboxylic acid groups (broad SMARTS) is 1. The summed E-state index contributed by atoms with van der Waals surface area (Å²) in [5, 5.41) is 11.8. The lowest BCUT2D eigenvalue weighted by Gasteiger charge is -2.33. The topological polar surface area (TPSA) is 78.9 Å². The number of amides is 2. The number of carbonyl (C=O) groups is 2. The first-order valence-corrected chi connectivity index (χ1v) is 7.05. The second-order valence-electron chi connectivity index (χ2n) is 4.73. The van der Waals surface area contributed by atoms with E-state index in [1.54, 1.807) is 17.0 Å². The maximum Gasteiger partial charge on any atom is 0.317 e. The highest BCUT2D eigenvalue weighted by Crippen LogP contribution is 2.23. The monoisotopic (exact) mass is 312 g/mol. The highest BCUT2D eigenvalue weighted by Gasteiger charge is 2.25. The maximum absolute atomic E-state index is 12.0. The summed E-state index contributed by atoms with van der Waals surface area (Å²) in [5.41, 5.74) is 0.961. The predicted molar refractivity (Wildman–Crippen MR) is 77.4 cm³/mol. The van der Waals surface area contributed by atoms with Crippen molar-refractivity contribution in [1.82, 2.24) is 10.2 Å². The fourth-order valence-electron chi connectivity index (χ4n) is 2.10. The molecule has 1 atom stereocenters. The summed E-state index contributed by atoms with van der Waals surface area (Å²) >= 11 is 5.85. The summed E-state index contributed by atoms with van der Waals surface area (Å²) < 4.78 is 5.67. The van der Waals surface area contributed by atoms with Gasteiger partial charge in [0.05, 0.1) is 19.6 Å². The first-order chi connectivity index (χ1) is 10.1. The van der Waals surface area contributed by atoms with Crippen molar-refractivity contribution in [3.63, 3.8) is 0 Å². The molecule has 0 aliphatic carbocycles. The number of ether oxygens (including phenoxy) is 1. The van der Waals surface area contributed by atoms with Crippen LogP contribution in [0.25, 0.3) is 0 Å². The fourth-order valence-corrected chi connectivity index (χ4v) is 2.23. The number of benzene rings is 1. The van der Waals surface area contributed by atoms with Crippen LogP contribution in [0, 0.1) is 0 Å². The minimum Gasteiger partial charge on any atom is -0.481 e. The van der Waals surface area contributed by atoms with Gasteiger partial charge in [0.25, 0.3) is 0 Å². The number of morpholine rings is 1. The second kappa shape index (κ2) is 7.28. The zero-order chi connectivity index (χ0) is 15.2. The Kier molecular flexibility index (Phi) is 5.41. The van der Waals surface area contributed by atoms with Crippen LogP contribution in [-0.4, -0.2) is 48.2 Å². The van der Waals surface area contributed by atoms with Gasteiger partial charge in [-0.05, 0) is 17.7 Å². The molecule has 1 aliphatic heterocycles. The van der Waals surface area contributed by atoms with Gasteiger partial charge in [-0.2, -0.15) is 0 Å². The number of carboxylic acids is 1. The third-order valence-corrected chi connectivity index (χ3v) is 3.46. The molecule has 7 heteroatoms. The molecular weight excluding hydrogens is 296 g/mol. The summed E-state index contributed by atoms with van der Waals surface area (Å²) in [6.07, 6.45) is -0.280. The molecule has 1 heterocycles. The number of nitrogens with zero attached hydrogens (tertiary/aromatic N) is 1. The van der Waals surface area contributed by atoms with Gasteiger partial charge in [-0.25, -0.2) is 4.79 Å². The summed E-state index contributed by atoms with van der Waals surface area (Å²) in [4.78, 5) is 24.0. The Morgan fingerprint density at radius 3 is 2.76 bits per heavy atom. The lowest BCUT2D eigenvalue weighted by atomic mass is 10.1. The van der Waals surface area contributed by atoms with E-state index in [4.69, 9.17) is 21.4 Å². The Labute approximate surface area is 127 Å². The fraction of sp³-hybridized carbons (Fsp3) is 0.429. The second-order valence-corrected chi connectivity index (χ2v) is 5.17. The number of halogens is 1. The van der Waals surface area contributed by atoms with E-state index in [2.05, 4.69) is 5.32 Å². The number of nitrogens with one attached hydrogen (secondary N) is 1. The lowest BCUT2D eigenvalue weighted by molar-refractivity contribution is -0.136. The molecule has 1 aliphatic rings. The molecule has 0 aromatic heterocycles. The molecule has 114 valence electrons. The molecule has 0 spiro atoms. The molecule has 1 aromatic rings. The molecule has 1 aromatic carbocycles. The smallest absolute Gasteiger partial charge is 0.317 e. The Morgan fingerprint density at radius 2 is 2.10 bits per heavy atom. The van der Waals surface area contributed by atoms with Crippen molar-refractivity contribution < 1.29 is 19.4 Å². The standard InChI is InChI=1S/C14H17ClN2O4/c15-11-3-1-10(2-4-11)12-9-17(7-8-21-12)14(20)16-6-5-13(18)19/h1-4,12H,5-9H2,(H,16,20)(H,18,19)/t12-/m1/s1. The van der Waals surface area contributed by atoms with Gasteiger partial charge in [0.1, 0.15) is 6.10 Å². The minimum atomic E-state index is -0.934. The van der Waals surface area contributed by atoms with E-state index in [9.17, 15) is 9.59 Å². The molecule has 2 N–H and O–H groups in total. The van der Waals surface area contributed by atoms with Gasteiger partial charge < -0.3 is 20.1 Å². The van der Waals surface area contributed by atoms with Gasteiger partial charge in [-0.1, -0.05) is 23.7 Å². The average Bonchev–Trinajstić information content (AvgIpc) is 2.47. The molecule has 1 saturated heterocycles. The lowest BCUT2D eigenvalue weighted by Crippen LogP contribution is -2.47. The number of hydrogen-bond donors (Lipinski definition) is 2. The maximum atomic E-state index is 12.0. The Hall–Kier alpha value is -1.79. The van der Waals surface area contributed by atoms with Crippen molar-refractivity contribution in [2.24, 2.45) is 0 Å². The van der Waals surface area contributed by atoms with E-state index in [1.807, 2.05) is 12.1 Å². The number of rotatable bonds is 4. The molecule has 0 bridgehead atoms. The first-order valence-electron chi connectivity index (χ1n) is 6.68. The third-order valence-electron chi connectivity index (χ3n) is 3.21. The number of carbonyl (C=O) groups excluding carboxylic acids is 1. The van der Waals surface area contributed by atoms with Gasteiger partial charge >= 0.3 is 12.0 Å². The van der Waals surface area contributed by atoms with Crippen molar-refractivity contribution in [2.75, 3.05) is 26.2 Å². The van der Waals surface area contributed by atoms with Crippen LogP contribution in [0.4, 0.5) is 4.79 Å². The summed E-state index contributed by atoms with van der Waals surface area (Å²) in [6.45, 7) is 1.49. The van der Waals surface area contributed by atoms with Crippen LogP contribution in [0.5, 0.6) is 0 Å². The predicted octanol–water partition coefficient (Wildman–Crippen LogP) is 1.90. The van der Waals surface area contributed by atoms with E-state index in [-0.39, 0.29) is 25.1 Å². The van der Waals surface area contributed by atoms with Crippen molar-refractivity contribution in [2.45, 2.75) is 12.5 Å². The van der Waals surface area contributed by atoms with Crippen molar-refractivity contribution in [1.29, 1.82) is 0 Å². The van der Waals surface area contributed by atoms with E-state index in [0.717, 1.165) is 5.56 Å². The molecule has 6 nitrogen and oxygen atoms in total. The molecule has 21 heavy (non-hydrogen) atoms. The van der Waals surface area contributed by atoms with Crippen LogP contribution in [-0.2, 0) is 9.53 Å². The van der Waals surface area contributed by atoms with Crippen LogP contribution in [0.15, 0.2) is 24.3 Å². The molecule has 1 fully saturated rings. The number of hydrogen-bond acceptors (Lipinski definition) is 3. The largest absolute Gasteiger partial charge is 0.481 e. The highest BCUT2D eigenvalue weighted by atomic mass is 35.5. The molecule has 0 radical (unpaired) electrons. The normalized spacial score (nSPS) is 18.3. The zero-order valence-electron chi connectivity index (χ0n) is 11.4. The van der Waals surface area contributed by atoms with E-state index in [0.29, 0.717) is 24.7 Å². The van der Waals surface area contributed by atoms with Gasteiger partial charge in [-0.3, -0.25) is 4.79 Å². The number of urea groups is 1. The van der Waals surface area contributed by atoms with Crippen molar-refractivity contribution >= 4 is 23.6 Å². The first kappa shape index (κ1) is 15.6. The van der Waals surface area contributed by atoms with Gasteiger partial charge in [0.15, 0.2) is 0 Å². The Morgan fingerprint density at radius 1 is 1.38 bits per heavy atom. The van der Waals surface area contributed by atoms with Crippen LogP contribution < -0.4 is 5.32 Å². The van der Waals surface area contributed by atoms with Crippen molar-refractivity contribution in [3.05, 3.63) is 34.9 Å². The average molecular weight is 313 g/mol. The van der Waals surface area contributed by atoms with Crippen LogP contribution in [0.1, 0.15) is 18.1 Å². The van der Waals surface area contributed by atoms with E-state index < -0.39 is 5.97 Å². The summed E-state index contributed by atoms with van der Waals surface area (Å²) in [5.74, 6) is -0.934. The molecular formula is C14H17ClN2O4. The Balaban J connectivity index is 1.89. The van der Waals surface area contributed by atoms with Gasteiger partial charge in [0, 0.05) is 18.1 Å². The minimum absolute atomic E-state index is 0.0866. The van der Waals surface area contributed by atoms with Gasteiger partial charge in [-0.15, -0.1) is 0 Å². The van der Waals surface area contributed by atoms with Gasteiger partial charge in [0.2, 0.25) is 0 Å². The molecule has 2 amide bonds. The van der Waals surface area contributed by atoms with E-state index >= 15 is 0 Å². The molecule has 0 saturated carbocycles. The summed E-state index contributed by atoms with van der Waals surface area (Å²) in [7, 11) is 0. The Bertz CT molecular complexity index is 506. The van der Waals surface area contributed by atoms with Crippen LogP contribution >= 0.6 is 11.6 Å². The number of aliphatic carboxylic acids is 1. The zero-order valence-corrected chi connectivity index (χ0v) is 12.2. The van der Waals surface area contributed by atoms with Crippen molar-refractivity contribution in [3.8, 4) is 0 Å². The quantitative estimate of drug-likeness (QED) is 0.890. The SMILES string of the molecule is O=C(O)CCNC(=O)N1CCO[C@@H](c2ccc(Cl)cc2)C1. The molecule has 0 unspecified atom stereocenters. The van der Waals surface area contributed by atoms with Crippen LogP contribution in [0.3, 0.4) is 0 Å². The summed E-state index contributed by atoms with van der Waals surface area (Å²) in [6, 6.07) is 7.05. The molecule has 2 rings (SSSR count). The van der Waals surface area contributed by atoms with E-state index in [1.165, 1.54) is 0 Å².